The predicted octanol–water partition coefficient (Wildman–Crippen LogP) is 2.66. The molecule has 1 aromatic heterocycles. The van der Waals surface area contributed by atoms with Gasteiger partial charge in [-0.25, -0.2) is 14.8 Å². The van der Waals surface area contributed by atoms with Crippen LogP contribution in [-0.2, 0) is 0 Å². The first-order chi connectivity index (χ1) is 9.04. The summed E-state index contributed by atoms with van der Waals surface area (Å²) in [7, 11) is 0. The lowest BCUT2D eigenvalue weighted by atomic mass is 9.99. The fraction of sp³-hybridized carbons (Fsp3) is 0.0833. The molecule has 1 unspecified atom stereocenters. The third-order valence-corrected chi connectivity index (χ3v) is 3.18. The smallest absolute Gasteiger partial charge is 0.146 e. The molecule has 1 atom stereocenters. The van der Waals surface area contributed by atoms with Gasteiger partial charge < -0.3 is 5.73 Å². The van der Waals surface area contributed by atoms with E-state index in [9.17, 15) is 4.39 Å². The second-order valence-corrected chi connectivity index (χ2v) is 4.71. The molecule has 0 bridgehead atoms. The number of hydrogen-bond acceptors (Lipinski definition) is 4. The summed E-state index contributed by atoms with van der Waals surface area (Å²) in [5.74, 6) is 5.14. The van der Waals surface area contributed by atoms with E-state index in [1.807, 2.05) is 0 Å². The summed E-state index contributed by atoms with van der Waals surface area (Å²) >= 11 is 11.6. The van der Waals surface area contributed by atoms with Crippen LogP contribution in [0.1, 0.15) is 17.2 Å². The molecule has 0 radical (unpaired) electrons. The number of hydrazine groups is 1. The van der Waals surface area contributed by atoms with Crippen LogP contribution in [0.4, 0.5) is 10.2 Å². The van der Waals surface area contributed by atoms with E-state index in [1.165, 1.54) is 12.3 Å². The Bertz CT molecular complexity index is 604. The van der Waals surface area contributed by atoms with E-state index in [2.05, 4.69) is 10.4 Å². The lowest BCUT2D eigenvalue weighted by molar-refractivity contribution is 0.560. The number of nitrogens with one attached hydrogen (secondary N) is 1. The van der Waals surface area contributed by atoms with Crippen LogP contribution in [0, 0.1) is 5.82 Å². The average molecular weight is 301 g/mol. The minimum Gasteiger partial charge on any atom is -0.383 e. The van der Waals surface area contributed by atoms with Gasteiger partial charge in [0.2, 0.25) is 0 Å². The fourth-order valence-electron chi connectivity index (χ4n) is 1.79. The first-order valence-electron chi connectivity index (χ1n) is 5.35. The van der Waals surface area contributed by atoms with Crippen molar-refractivity contribution in [3.8, 4) is 0 Å². The van der Waals surface area contributed by atoms with Crippen LogP contribution in [0.2, 0.25) is 10.0 Å². The van der Waals surface area contributed by atoms with E-state index in [-0.39, 0.29) is 16.4 Å². The first kappa shape index (κ1) is 14.0. The van der Waals surface area contributed by atoms with Crippen LogP contribution in [-0.4, -0.2) is 4.98 Å². The maximum atomic E-state index is 14.0. The Kier molecular flexibility index (Phi) is 4.21. The molecule has 7 heteroatoms. The lowest BCUT2D eigenvalue weighted by Crippen LogP contribution is -2.30. The molecule has 0 saturated heterocycles. The van der Waals surface area contributed by atoms with E-state index in [0.717, 1.165) is 0 Å². The van der Waals surface area contributed by atoms with Gasteiger partial charge in [-0.2, -0.15) is 0 Å². The average Bonchev–Trinajstić information content (AvgIpc) is 2.39. The van der Waals surface area contributed by atoms with Gasteiger partial charge in [0, 0.05) is 17.3 Å². The molecule has 4 nitrogen and oxygen atoms in total. The number of aromatic nitrogens is 1. The normalized spacial score (nSPS) is 12.4. The zero-order chi connectivity index (χ0) is 14.0. The van der Waals surface area contributed by atoms with Crippen molar-refractivity contribution < 1.29 is 4.39 Å². The van der Waals surface area contributed by atoms with Gasteiger partial charge in [-0.3, -0.25) is 5.84 Å². The molecule has 0 aliphatic rings. The van der Waals surface area contributed by atoms with Gasteiger partial charge in [0.1, 0.15) is 11.6 Å². The number of rotatable bonds is 3. The Balaban J connectivity index is 2.56. The number of nitrogen functional groups attached to an aromatic ring is 1. The van der Waals surface area contributed by atoms with Crippen LogP contribution < -0.4 is 17.0 Å². The fourth-order valence-corrected chi connectivity index (χ4v) is 2.14. The third kappa shape index (κ3) is 2.79. The first-order valence-corrected chi connectivity index (χ1v) is 6.11. The highest BCUT2D eigenvalue weighted by atomic mass is 35.5. The standard InChI is InChI=1S/C12H11Cl2FN4/c13-6-4-8(12(16)18-5-6)11(19-17)7-2-1-3-9(14)10(7)15/h1-5,11,19H,17H2,(H2,16,18). The SMILES string of the molecule is NNC(c1cc(Cl)cnc1N)c1cccc(Cl)c1F. The minimum atomic E-state index is -0.690. The van der Waals surface area contributed by atoms with Gasteiger partial charge in [0.25, 0.3) is 0 Å². The molecule has 0 aliphatic carbocycles. The van der Waals surface area contributed by atoms with Crippen molar-refractivity contribution in [3.05, 3.63) is 57.5 Å². The summed E-state index contributed by atoms with van der Waals surface area (Å²) in [6.45, 7) is 0. The highest BCUT2D eigenvalue weighted by molar-refractivity contribution is 6.31. The lowest BCUT2D eigenvalue weighted by Gasteiger charge is -2.19. The Labute approximate surface area is 119 Å². The van der Waals surface area contributed by atoms with Gasteiger partial charge in [0.15, 0.2) is 0 Å². The van der Waals surface area contributed by atoms with Crippen molar-refractivity contribution in [1.82, 2.24) is 10.4 Å². The van der Waals surface area contributed by atoms with E-state index >= 15 is 0 Å². The molecule has 1 heterocycles. The number of nitrogens with zero attached hydrogens (tertiary/aromatic N) is 1. The number of hydrogen-bond donors (Lipinski definition) is 3. The molecule has 0 aliphatic heterocycles. The number of halogens is 3. The Hall–Kier alpha value is -1.40. The van der Waals surface area contributed by atoms with Crippen LogP contribution in [0.25, 0.3) is 0 Å². The Morgan fingerprint density at radius 3 is 2.68 bits per heavy atom. The molecular formula is C12H11Cl2FN4. The van der Waals surface area contributed by atoms with Crippen LogP contribution in [0.3, 0.4) is 0 Å². The monoisotopic (exact) mass is 300 g/mol. The Morgan fingerprint density at radius 2 is 2.00 bits per heavy atom. The summed E-state index contributed by atoms with van der Waals surface area (Å²) in [4.78, 5) is 3.92. The molecule has 0 saturated carbocycles. The van der Waals surface area contributed by atoms with Crippen molar-refractivity contribution in [3.63, 3.8) is 0 Å². The van der Waals surface area contributed by atoms with E-state index in [4.69, 9.17) is 34.8 Å². The third-order valence-electron chi connectivity index (χ3n) is 2.69. The molecule has 0 amide bonds. The minimum absolute atomic E-state index is 0.00584. The van der Waals surface area contributed by atoms with E-state index in [0.29, 0.717) is 10.6 Å². The van der Waals surface area contributed by atoms with Crippen molar-refractivity contribution >= 4 is 29.0 Å². The van der Waals surface area contributed by atoms with E-state index < -0.39 is 11.9 Å². The molecule has 5 N–H and O–H groups in total. The van der Waals surface area contributed by atoms with Crippen molar-refractivity contribution in [2.75, 3.05) is 5.73 Å². The molecule has 2 rings (SSSR count). The zero-order valence-corrected chi connectivity index (χ0v) is 11.2. The number of nitrogens with two attached hydrogens (primary N) is 2. The second-order valence-electron chi connectivity index (χ2n) is 3.87. The van der Waals surface area contributed by atoms with Crippen LogP contribution in [0.15, 0.2) is 30.5 Å². The Morgan fingerprint density at radius 1 is 1.26 bits per heavy atom. The van der Waals surface area contributed by atoms with E-state index in [1.54, 1.807) is 18.2 Å². The predicted molar refractivity (Wildman–Crippen MR) is 74.2 cm³/mol. The van der Waals surface area contributed by atoms with Gasteiger partial charge in [0.05, 0.1) is 16.1 Å². The molecule has 2 aromatic rings. The molecule has 19 heavy (non-hydrogen) atoms. The van der Waals surface area contributed by atoms with Crippen molar-refractivity contribution in [2.45, 2.75) is 6.04 Å². The highest BCUT2D eigenvalue weighted by Crippen LogP contribution is 2.31. The molecule has 0 spiro atoms. The summed E-state index contributed by atoms with van der Waals surface area (Å²) < 4.78 is 14.0. The summed E-state index contributed by atoms with van der Waals surface area (Å²) in [6.07, 6.45) is 1.41. The van der Waals surface area contributed by atoms with Crippen LogP contribution >= 0.6 is 23.2 Å². The summed E-state index contributed by atoms with van der Waals surface area (Å²) in [5.41, 5.74) is 9.02. The largest absolute Gasteiger partial charge is 0.383 e. The molecule has 100 valence electrons. The van der Waals surface area contributed by atoms with Gasteiger partial charge >= 0.3 is 0 Å². The van der Waals surface area contributed by atoms with Crippen molar-refractivity contribution in [2.24, 2.45) is 5.84 Å². The molecule has 0 fully saturated rings. The summed E-state index contributed by atoms with van der Waals surface area (Å²) in [6, 6.07) is 5.53. The second kappa shape index (κ2) is 5.71. The van der Waals surface area contributed by atoms with Gasteiger partial charge in [-0.05, 0) is 12.1 Å². The van der Waals surface area contributed by atoms with Gasteiger partial charge in [-0.15, -0.1) is 0 Å². The quantitative estimate of drug-likeness (QED) is 0.601. The van der Waals surface area contributed by atoms with Crippen molar-refractivity contribution in [1.29, 1.82) is 0 Å². The number of anilines is 1. The number of pyridine rings is 1. The maximum absolute atomic E-state index is 14.0. The highest BCUT2D eigenvalue weighted by Gasteiger charge is 2.21. The van der Waals surface area contributed by atoms with Gasteiger partial charge in [-0.1, -0.05) is 35.3 Å². The summed E-state index contributed by atoms with van der Waals surface area (Å²) in [5, 5.41) is 0.387. The van der Waals surface area contributed by atoms with Crippen LogP contribution in [0.5, 0.6) is 0 Å². The molecular weight excluding hydrogens is 290 g/mol. The maximum Gasteiger partial charge on any atom is 0.146 e. The molecule has 1 aromatic carbocycles. The zero-order valence-electron chi connectivity index (χ0n) is 9.70. The topological polar surface area (TPSA) is 77.0 Å². The number of benzene rings is 1.